The number of rotatable bonds is 2. The Morgan fingerprint density at radius 2 is 1.81 bits per heavy atom. The van der Waals surface area contributed by atoms with Crippen LogP contribution in [0.25, 0.3) is 11.0 Å². The number of hydrogen-bond donors (Lipinski definition) is 0. The highest BCUT2D eigenvalue weighted by molar-refractivity contribution is 5.80. The molecule has 5 rings (SSSR count). The van der Waals surface area contributed by atoms with Gasteiger partial charge in [-0.3, -0.25) is 18.9 Å². The molecule has 1 aliphatic carbocycles. The zero-order chi connectivity index (χ0) is 18.4. The fourth-order valence-corrected chi connectivity index (χ4v) is 5.52. The first-order chi connectivity index (χ1) is 13.2. The van der Waals surface area contributed by atoms with Crippen molar-refractivity contribution in [2.75, 3.05) is 26.3 Å². The Morgan fingerprint density at radius 3 is 2.63 bits per heavy atom. The first-order valence-electron chi connectivity index (χ1n) is 10.6. The number of pyridine rings is 1. The Morgan fingerprint density at radius 1 is 1.04 bits per heavy atom. The third-order valence-corrected chi connectivity index (χ3v) is 6.91. The summed E-state index contributed by atoms with van der Waals surface area (Å²) in [6.45, 7) is 3.87. The van der Waals surface area contributed by atoms with Gasteiger partial charge in [-0.15, -0.1) is 0 Å². The van der Waals surface area contributed by atoms with E-state index in [1.165, 1.54) is 17.4 Å². The molecule has 0 saturated carbocycles. The summed E-state index contributed by atoms with van der Waals surface area (Å²) in [7, 11) is 1.98. The Bertz CT molecular complexity index is 894. The second kappa shape index (κ2) is 7.06. The lowest BCUT2D eigenvalue weighted by Crippen LogP contribution is -2.47. The molecule has 2 saturated heterocycles. The van der Waals surface area contributed by atoms with Gasteiger partial charge in [0.1, 0.15) is 5.65 Å². The van der Waals surface area contributed by atoms with Crippen molar-refractivity contribution in [1.82, 2.24) is 19.2 Å². The zero-order valence-corrected chi connectivity index (χ0v) is 16.3. The van der Waals surface area contributed by atoms with Gasteiger partial charge in [-0.2, -0.15) is 5.10 Å². The monoisotopic (exact) mass is 370 g/mol. The minimum Gasteiger partial charge on any atom is -0.381 e. The van der Waals surface area contributed by atoms with E-state index in [-0.39, 0.29) is 11.6 Å². The van der Waals surface area contributed by atoms with E-state index in [0.29, 0.717) is 6.04 Å². The van der Waals surface area contributed by atoms with Crippen LogP contribution in [0.5, 0.6) is 0 Å². The molecule has 0 spiro atoms. The van der Waals surface area contributed by atoms with Crippen molar-refractivity contribution >= 4 is 11.0 Å². The third-order valence-electron chi connectivity index (χ3n) is 6.91. The van der Waals surface area contributed by atoms with E-state index >= 15 is 0 Å². The van der Waals surface area contributed by atoms with Gasteiger partial charge in [0.25, 0.3) is 5.56 Å². The number of aromatic nitrogens is 3. The maximum Gasteiger partial charge on any atom is 0.255 e. The average molecular weight is 370 g/mol. The molecular weight excluding hydrogens is 340 g/mol. The average Bonchev–Trinajstić information content (AvgIpc) is 3.11. The van der Waals surface area contributed by atoms with Crippen LogP contribution in [0.2, 0.25) is 0 Å². The van der Waals surface area contributed by atoms with Crippen LogP contribution in [-0.4, -0.2) is 51.6 Å². The molecule has 6 heteroatoms. The summed E-state index contributed by atoms with van der Waals surface area (Å²) in [6.07, 6.45) is 10.7. The predicted molar refractivity (Wildman–Crippen MR) is 105 cm³/mol. The van der Waals surface area contributed by atoms with Crippen LogP contribution in [0.3, 0.4) is 0 Å². The molecule has 0 aromatic carbocycles. The molecule has 1 atom stereocenters. The van der Waals surface area contributed by atoms with Gasteiger partial charge in [-0.05, 0) is 63.5 Å². The molecule has 2 fully saturated rings. The maximum absolute atomic E-state index is 13.5. The van der Waals surface area contributed by atoms with Crippen molar-refractivity contribution in [3.8, 4) is 0 Å². The standard InChI is InChI=1S/C21H30N4O2/c1-23-20-19(13-22-23)17-6-2-3-7-18(17)21(26)25(20)16-5-4-10-24(14-16)15-8-11-27-12-9-15/h13,15-16H,2-12,14H2,1H3. The van der Waals surface area contributed by atoms with Crippen molar-refractivity contribution in [2.45, 2.75) is 63.5 Å². The minimum absolute atomic E-state index is 0.249. The molecule has 3 aliphatic rings. The van der Waals surface area contributed by atoms with Crippen LogP contribution in [0.15, 0.2) is 11.0 Å². The van der Waals surface area contributed by atoms with E-state index in [1.807, 2.05) is 17.9 Å². The van der Waals surface area contributed by atoms with Crippen molar-refractivity contribution in [1.29, 1.82) is 0 Å². The Hall–Kier alpha value is -1.66. The highest BCUT2D eigenvalue weighted by Gasteiger charge is 2.31. The fraction of sp³-hybridized carbons (Fsp3) is 0.714. The summed E-state index contributed by atoms with van der Waals surface area (Å²) >= 11 is 0. The molecule has 0 bridgehead atoms. The molecular formula is C21H30N4O2. The summed E-state index contributed by atoms with van der Waals surface area (Å²) in [5.41, 5.74) is 3.60. The first-order valence-corrected chi connectivity index (χ1v) is 10.6. The molecule has 2 aromatic rings. The van der Waals surface area contributed by atoms with Crippen LogP contribution in [0, 0.1) is 0 Å². The number of hydrogen-bond acceptors (Lipinski definition) is 4. The Kier molecular flexibility index (Phi) is 4.56. The van der Waals surface area contributed by atoms with Crippen LogP contribution in [-0.2, 0) is 24.6 Å². The number of piperidine rings is 1. The third kappa shape index (κ3) is 2.93. The second-order valence-electron chi connectivity index (χ2n) is 8.48. The largest absolute Gasteiger partial charge is 0.381 e. The topological polar surface area (TPSA) is 52.3 Å². The first kappa shape index (κ1) is 17.4. The van der Waals surface area contributed by atoms with Crippen molar-refractivity contribution in [3.05, 3.63) is 27.7 Å². The summed E-state index contributed by atoms with van der Waals surface area (Å²) in [5, 5.41) is 5.74. The fourth-order valence-electron chi connectivity index (χ4n) is 5.52. The number of likely N-dealkylation sites (tertiary alicyclic amines) is 1. The highest BCUT2D eigenvalue weighted by Crippen LogP contribution is 2.31. The predicted octanol–water partition coefficient (Wildman–Crippen LogP) is 2.43. The normalized spacial score (nSPS) is 25.0. The zero-order valence-electron chi connectivity index (χ0n) is 16.3. The van der Waals surface area contributed by atoms with E-state index in [1.54, 1.807) is 0 Å². The lowest BCUT2D eigenvalue weighted by atomic mass is 9.90. The van der Waals surface area contributed by atoms with E-state index in [2.05, 4.69) is 14.6 Å². The smallest absolute Gasteiger partial charge is 0.255 e. The van der Waals surface area contributed by atoms with Crippen molar-refractivity contribution in [3.63, 3.8) is 0 Å². The van der Waals surface area contributed by atoms with Crippen molar-refractivity contribution < 1.29 is 4.74 Å². The lowest BCUT2D eigenvalue weighted by molar-refractivity contribution is 0.0190. The van der Waals surface area contributed by atoms with E-state index in [0.717, 1.165) is 82.5 Å². The van der Waals surface area contributed by atoms with Gasteiger partial charge >= 0.3 is 0 Å². The number of nitrogens with zero attached hydrogens (tertiary/aromatic N) is 4. The highest BCUT2D eigenvalue weighted by atomic mass is 16.5. The van der Waals surface area contributed by atoms with Crippen LogP contribution in [0.4, 0.5) is 0 Å². The summed E-state index contributed by atoms with van der Waals surface area (Å²) < 4.78 is 9.58. The second-order valence-corrected chi connectivity index (χ2v) is 8.48. The van der Waals surface area contributed by atoms with Crippen LogP contribution in [0.1, 0.15) is 55.7 Å². The van der Waals surface area contributed by atoms with Crippen LogP contribution >= 0.6 is 0 Å². The van der Waals surface area contributed by atoms with Crippen LogP contribution < -0.4 is 5.56 Å². The molecule has 146 valence electrons. The molecule has 2 aromatic heterocycles. The quantitative estimate of drug-likeness (QED) is 0.815. The molecule has 0 N–H and O–H groups in total. The van der Waals surface area contributed by atoms with Gasteiger partial charge in [0.05, 0.1) is 12.2 Å². The van der Waals surface area contributed by atoms with E-state index < -0.39 is 0 Å². The summed E-state index contributed by atoms with van der Waals surface area (Å²) in [5.74, 6) is 0. The molecule has 0 radical (unpaired) electrons. The summed E-state index contributed by atoms with van der Waals surface area (Å²) in [4.78, 5) is 16.2. The summed E-state index contributed by atoms with van der Waals surface area (Å²) in [6, 6.07) is 0.858. The van der Waals surface area contributed by atoms with Gasteiger partial charge in [0.2, 0.25) is 0 Å². The molecule has 6 nitrogen and oxygen atoms in total. The number of ether oxygens (including phenoxy) is 1. The minimum atomic E-state index is 0.249. The Labute approximate surface area is 160 Å². The van der Waals surface area contributed by atoms with Crippen molar-refractivity contribution in [2.24, 2.45) is 7.05 Å². The molecule has 27 heavy (non-hydrogen) atoms. The Balaban J connectivity index is 1.57. The molecule has 2 aliphatic heterocycles. The van der Waals surface area contributed by atoms with Gasteiger partial charge in [-0.25, -0.2) is 0 Å². The molecule has 4 heterocycles. The molecule has 1 unspecified atom stereocenters. The molecule has 0 amide bonds. The maximum atomic E-state index is 13.5. The van der Waals surface area contributed by atoms with E-state index in [9.17, 15) is 4.79 Å². The number of fused-ring (bicyclic) bond motifs is 3. The van der Waals surface area contributed by atoms with Gasteiger partial charge in [0.15, 0.2) is 0 Å². The SMILES string of the molecule is Cn1ncc2c3c(c(=O)n(C4CCCN(C5CCOCC5)C4)c21)CCCC3. The lowest BCUT2D eigenvalue weighted by Gasteiger charge is -2.40. The van der Waals surface area contributed by atoms with E-state index in [4.69, 9.17) is 4.74 Å². The number of aryl methyl sites for hydroxylation is 2. The van der Waals surface area contributed by atoms with Gasteiger partial charge in [0, 0.05) is 43.8 Å². The van der Waals surface area contributed by atoms with Gasteiger partial charge in [-0.1, -0.05) is 0 Å². The van der Waals surface area contributed by atoms with Gasteiger partial charge < -0.3 is 4.74 Å².